The molecule has 0 radical (unpaired) electrons. The van der Waals surface area contributed by atoms with E-state index in [9.17, 15) is 4.79 Å². The Kier molecular flexibility index (Phi) is 5.04. The van der Waals surface area contributed by atoms with Crippen LogP contribution in [0, 0.1) is 17.8 Å². The minimum absolute atomic E-state index is 0.218. The van der Waals surface area contributed by atoms with Gasteiger partial charge >= 0.3 is 0 Å². The molecule has 2 rings (SSSR count). The summed E-state index contributed by atoms with van der Waals surface area (Å²) >= 11 is 0. The normalized spacial score (nSPS) is 36.6. The lowest BCUT2D eigenvalue weighted by molar-refractivity contribution is -0.122. The van der Waals surface area contributed by atoms with Gasteiger partial charge in [0.1, 0.15) is 0 Å². The van der Waals surface area contributed by atoms with Gasteiger partial charge in [-0.2, -0.15) is 0 Å². The van der Waals surface area contributed by atoms with E-state index >= 15 is 0 Å². The van der Waals surface area contributed by atoms with Crippen molar-refractivity contribution >= 4 is 5.91 Å². The molecule has 104 valence electrons. The first kappa shape index (κ1) is 13.9. The quantitative estimate of drug-likeness (QED) is 0.807. The predicted octanol–water partition coefficient (Wildman–Crippen LogP) is 2.45. The van der Waals surface area contributed by atoms with E-state index in [1.54, 1.807) is 0 Å². The van der Waals surface area contributed by atoms with E-state index in [0.29, 0.717) is 18.3 Å². The summed E-state index contributed by atoms with van der Waals surface area (Å²) in [5.41, 5.74) is 6.01. The number of carbonyl (C=O) groups is 1. The third-order valence-corrected chi connectivity index (χ3v) is 5.02. The number of amides is 1. The van der Waals surface area contributed by atoms with Gasteiger partial charge in [-0.15, -0.1) is 0 Å². The molecular weight excluding hydrogens is 224 g/mol. The zero-order valence-corrected chi connectivity index (χ0v) is 11.7. The number of nitrogens with one attached hydrogen (secondary N) is 1. The van der Waals surface area contributed by atoms with E-state index < -0.39 is 0 Å². The van der Waals surface area contributed by atoms with E-state index in [-0.39, 0.29) is 11.9 Å². The first-order valence-electron chi connectivity index (χ1n) is 7.69. The van der Waals surface area contributed by atoms with Crippen LogP contribution < -0.4 is 11.1 Å². The molecule has 0 aliphatic heterocycles. The van der Waals surface area contributed by atoms with Crippen molar-refractivity contribution < 1.29 is 4.79 Å². The van der Waals surface area contributed by atoms with Crippen LogP contribution in [-0.2, 0) is 4.79 Å². The van der Waals surface area contributed by atoms with Gasteiger partial charge in [0.2, 0.25) is 5.91 Å². The number of carbonyl (C=O) groups excluding carboxylic acids is 1. The molecule has 0 aromatic heterocycles. The highest BCUT2D eigenvalue weighted by Gasteiger charge is 2.27. The molecule has 4 atom stereocenters. The summed E-state index contributed by atoms with van der Waals surface area (Å²) in [4.78, 5) is 11.9. The van der Waals surface area contributed by atoms with Crippen LogP contribution in [0.5, 0.6) is 0 Å². The maximum Gasteiger partial charge on any atom is 0.220 e. The highest BCUT2D eigenvalue weighted by molar-refractivity contribution is 5.76. The molecule has 2 saturated carbocycles. The Hall–Kier alpha value is -0.570. The molecule has 3 N–H and O–H groups in total. The Morgan fingerprint density at radius 3 is 2.50 bits per heavy atom. The summed E-state index contributed by atoms with van der Waals surface area (Å²) in [5, 5.41) is 3.14. The molecule has 2 unspecified atom stereocenters. The topological polar surface area (TPSA) is 55.1 Å². The maximum atomic E-state index is 11.9. The lowest BCUT2D eigenvalue weighted by Gasteiger charge is -2.29. The van der Waals surface area contributed by atoms with Crippen molar-refractivity contribution in [2.24, 2.45) is 23.5 Å². The lowest BCUT2D eigenvalue weighted by atomic mass is 9.80. The zero-order chi connectivity index (χ0) is 13.0. The van der Waals surface area contributed by atoms with Crippen molar-refractivity contribution in [2.75, 3.05) is 6.54 Å². The molecule has 0 saturated heterocycles. The van der Waals surface area contributed by atoms with Crippen LogP contribution in [0.15, 0.2) is 0 Å². The van der Waals surface area contributed by atoms with Gasteiger partial charge in [-0.05, 0) is 37.0 Å². The molecule has 2 fully saturated rings. The van der Waals surface area contributed by atoms with Gasteiger partial charge in [0.15, 0.2) is 0 Å². The fourth-order valence-electron chi connectivity index (χ4n) is 3.57. The molecule has 0 spiro atoms. The van der Waals surface area contributed by atoms with Crippen LogP contribution in [0.3, 0.4) is 0 Å². The number of hydrogen-bond donors (Lipinski definition) is 2. The average Bonchev–Trinajstić information content (AvgIpc) is 2.74. The van der Waals surface area contributed by atoms with Crippen molar-refractivity contribution in [1.29, 1.82) is 0 Å². The van der Waals surface area contributed by atoms with E-state index in [1.807, 2.05) is 0 Å². The van der Waals surface area contributed by atoms with Gasteiger partial charge < -0.3 is 11.1 Å². The van der Waals surface area contributed by atoms with Crippen LogP contribution in [0.2, 0.25) is 0 Å². The summed E-state index contributed by atoms with van der Waals surface area (Å²) in [6, 6.07) is 0.254. The smallest absolute Gasteiger partial charge is 0.220 e. The van der Waals surface area contributed by atoms with Crippen molar-refractivity contribution in [3.05, 3.63) is 0 Å². The molecule has 2 aliphatic rings. The minimum Gasteiger partial charge on any atom is -0.356 e. The van der Waals surface area contributed by atoms with E-state index in [0.717, 1.165) is 25.3 Å². The second-order valence-electron chi connectivity index (χ2n) is 6.38. The van der Waals surface area contributed by atoms with Crippen LogP contribution in [0.1, 0.15) is 58.3 Å². The lowest BCUT2D eigenvalue weighted by Crippen LogP contribution is -2.36. The van der Waals surface area contributed by atoms with Crippen LogP contribution in [-0.4, -0.2) is 18.5 Å². The predicted molar refractivity (Wildman–Crippen MR) is 74.1 cm³/mol. The first-order chi connectivity index (χ1) is 8.66. The molecule has 0 aromatic rings. The molecule has 3 nitrogen and oxygen atoms in total. The highest BCUT2D eigenvalue weighted by atomic mass is 16.1. The fraction of sp³-hybridized carbons (Fsp3) is 0.933. The number of nitrogens with two attached hydrogens (primary N) is 1. The Morgan fingerprint density at radius 2 is 1.83 bits per heavy atom. The monoisotopic (exact) mass is 252 g/mol. The highest BCUT2D eigenvalue weighted by Crippen LogP contribution is 2.29. The van der Waals surface area contributed by atoms with Gasteiger partial charge in [0.25, 0.3) is 0 Å². The van der Waals surface area contributed by atoms with Crippen molar-refractivity contribution in [1.82, 2.24) is 5.32 Å². The molecule has 0 heterocycles. The van der Waals surface area contributed by atoms with Crippen LogP contribution in [0.25, 0.3) is 0 Å². The SMILES string of the molecule is CC1CCCCC1CNC(=O)C[C@@H]1CCC[C@H]1N. The second-order valence-corrected chi connectivity index (χ2v) is 6.38. The second kappa shape index (κ2) is 6.55. The number of hydrogen-bond acceptors (Lipinski definition) is 2. The summed E-state index contributed by atoms with van der Waals surface area (Å²) in [7, 11) is 0. The van der Waals surface area contributed by atoms with E-state index in [2.05, 4.69) is 12.2 Å². The Labute approximate surface area is 111 Å². The Morgan fingerprint density at radius 1 is 1.11 bits per heavy atom. The van der Waals surface area contributed by atoms with Gasteiger partial charge in [-0.25, -0.2) is 0 Å². The molecule has 3 heteroatoms. The molecule has 2 aliphatic carbocycles. The third kappa shape index (κ3) is 3.71. The van der Waals surface area contributed by atoms with E-state index in [4.69, 9.17) is 5.73 Å². The summed E-state index contributed by atoms with van der Waals surface area (Å²) in [5.74, 6) is 2.11. The molecule has 0 aromatic carbocycles. The average molecular weight is 252 g/mol. The molecule has 1 amide bonds. The van der Waals surface area contributed by atoms with Crippen LogP contribution >= 0.6 is 0 Å². The summed E-state index contributed by atoms with van der Waals surface area (Å²) < 4.78 is 0. The van der Waals surface area contributed by atoms with Crippen molar-refractivity contribution in [3.63, 3.8) is 0 Å². The third-order valence-electron chi connectivity index (χ3n) is 5.02. The van der Waals surface area contributed by atoms with Gasteiger partial charge in [0, 0.05) is 19.0 Å². The van der Waals surface area contributed by atoms with Gasteiger partial charge in [0.05, 0.1) is 0 Å². The fourth-order valence-corrected chi connectivity index (χ4v) is 3.57. The van der Waals surface area contributed by atoms with Gasteiger partial charge in [-0.1, -0.05) is 32.6 Å². The standard InChI is InChI=1S/C15H28N2O/c1-11-5-2-3-6-13(11)10-17-15(18)9-12-7-4-8-14(12)16/h11-14H,2-10,16H2,1H3,(H,17,18)/t11?,12-,13?,14+/m0/s1. The van der Waals surface area contributed by atoms with Crippen molar-refractivity contribution in [3.8, 4) is 0 Å². The largest absolute Gasteiger partial charge is 0.356 e. The summed E-state index contributed by atoms with van der Waals surface area (Å²) in [6.45, 7) is 3.20. The minimum atomic E-state index is 0.218. The maximum absolute atomic E-state index is 11.9. The Bertz CT molecular complexity index is 280. The van der Waals surface area contributed by atoms with Gasteiger partial charge in [-0.3, -0.25) is 4.79 Å². The summed E-state index contributed by atoms with van der Waals surface area (Å²) in [6.07, 6.45) is 9.37. The van der Waals surface area contributed by atoms with Crippen molar-refractivity contribution in [2.45, 2.75) is 64.3 Å². The Balaban J connectivity index is 1.67. The molecule has 18 heavy (non-hydrogen) atoms. The first-order valence-corrected chi connectivity index (χ1v) is 7.69. The van der Waals surface area contributed by atoms with E-state index in [1.165, 1.54) is 32.1 Å². The van der Waals surface area contributed by atoms with Crippen LogP contribution in [0.4, 0.5) is 0 Å². The zero-order valence-electron chi connectivity index (χ0n) is 11.7. The molecular formula is C15H28N2O. The molecule has 0 bridgehead atoms. The number of rotatable bonds is 4.